The first-order chi connectivity index (χ1) is 21.2. The summed E-state index contributed by atoms with van der Waals surface area (Å²) in [4.78, 5) is 13.1. The van der Waals surface area contributed by atoms with Crippen molar-refractivity contribution in [3.05, 3.63) is 11.8 Å². The van der Waals surface area contributed by atoms with Crippen LogP contribution < -0.4 is 38.5 Å². The van der Waals surface area contributed by atoms with Crippen LogP contribution in [-0.2, 0) is 19.0 Å². The molecule has 16 nitrogen and oxygen atoms in total. The Balaban J connectivity index is 1.31. The molecule has 0 aromatic rings. The zero-order valence-corrected chi connectivity index (χ0v) is 26.0. The minimum atomic E-state index is -1.39. The van der Waals surface area contributed by atoms with E-state index >= 15 is 0 Å². The predicted molar refractivity (Wildman–Crippen MR) is 161 cm³/mol. The predicted octanol–water partition coefficient (Wildman–Crippen LogP) is -5.36. The molecule has 0 aromatic carbocycles. The number of hydrogen-bond donors (Lipinski definition) is 12. The molecule has 0 bridgehead atoms. The number of carbonyl (C=O) groups excluding carboxylic acids is 1. The molecule has 2 saturated carbocycles. The lowest BCUT2D eigenvalue weighted by atomic mass is 9.72. The van der Waals surface area contributed by atoms with Crippen LogP contribution in [0.3, 0.4) is 0 Å². The molecule has 0 radical (unpaired) electrons. The van der Waals surface area contributed by atoms with Gasteiger partial charge in [-0.15, -0.1) is 0 Å². The minimum absolute atomic E-state index is 0.00162. The van der Waals surface area contributed by atoms with E-state index in [2.05, 4.69) is 21.3 Å². The van der Waals surface area contributed by atoms with Crippen molar-refractivity contribution in [1.82, 2.24) is 21.3 Å². The van der Waals surface area contributed by atoms with Crippen molar-refractivity contribution in [2.75, 3.05) is 39.8 Å². The van der Waals surface area contributed by atoms with Gasteiger partial charge in [-0.05, 0) is 45.7 Å². The van der Waals surface area contributed by atoms with Gasteiger partial charge in [0.15, 0.2) is 6.29 Å². The largest absolute Gasteiger partial charge is 0.492 e. The molecule has 258 valence electrons. The second kappa shape index (κ2) is 13.9. The maximum atomic E-state index is 13.1. The molecular weight excluding hydrogens is 590 g/mol. The SMILES string of the molecule is CN[C@@H]1[C@@H](O)[C@@H](O[C@H]2[C@H](NC(=O)C(O)C3CNC3)C[C@H](N)C([C@H]3OC(CNCC4(O)CC(N)C4)=CC[C@H]3N)[C@@H]2O)OC[C@]1(C)O. The Hall–Kier alpha value is -1.51. The smallest absolute Gasteiger partial charge is 0.249 e. The first kappa shape index (κ1) is 34.8. The summed E-state index contributed by atoms with van der Waals surface area (Å²) in [6.45, 7) is 3.07. The van der Waals surface area contributed by atoms with Gasteiger partial charge in [0.25, 0.3) is 0 Å². The molecule has 1 amide bonds. The van der Waals surface area contributed by atoms with Gasteiger partial charge in [-0.25, -0.2) is 0 Å². The van der Waals surface area contributed by atoms with Crippen LogP contribution >= 0.6 is 0 Å². The van der Waals surface area contributed by atoms with Crippen LogP contribution in [0, 0.1) is 11.8 Å². The average molecular weight is 644 g/mol. The summed E-state index contributed by atoms with van der Waals surface area (Å²) < 4.78 is 18.3. The molecule has 0 aromatic heterocycles. The Labute approximate surface area is 263 Å². The Bertz CT molecular complexity index is 1060. The number of carbonyl (C=O) groups is 1. The second-order valence-electron chi connectivity index (χ2n) is 14.0. The van der Waals surface area contributed by atoms with Crippen molar-refractivity contribution < 1.29 is 44.5 Å². The summed E-state index contributed by atoms with van der Waals surface area (Å²) in [5.41, 5.74) is 16.8. The Morgan fingerprint density at radius 2 is 1.89 bits per heavy atom. The van der Waals surface area contributed by atoms with E-state index in [0.717, 1.165) is 0 Å². The van der Waals surface area contributed by atoms with Crippen molar-refractivity contribution in [3.8, 4) is 0 Å². The lowest BCUT2D eigenvalue weighted by Gasteiger charge is -2.50. The van der Waals surface area contributed by atoms with E-state index in [9.17, 15) is 30.3 Å². The van der Waals surface area contributed by atoms with Gasteiger partial charge in [0.2, 0.25) is 5.91 Å². The number of amides is 1. The lowest BCUT2D eigenvalue weighted by Crippen LogP contribution is -2.70. The van der Waals surface area contributed by atoms with E-state index in [0.29, 0.717) is 51.2 Å². The highest BCUT2D eigenvalue weighted by Gasteiger charge is 2.53. The van der Waals surface area contributed by atoms with Crippen LogP contribution in [0.25, 0.3) is 0 Å². The average Bonchev–Trinajstić information content (AvgIpc) is 2.91. The van der Waals surface area contributed by atoms with Crippen molar-refractivity contribution >= 4 is 5.91 Å². The van der Waals surface area contributed by atoms with E-state index in [1.165, 1.54) is 6.92 Å². The number of aliphatic hydroxyl groups excluding tert-OH is 3. The van der Waals surface area contributed by atoms with Gasteiger partial charge in [-0.1, -0.05) is 0 Å². The highest BCUT2D eigenvalue weighted by atomic mass is 16.7. The molecule has 16 heteroatoms. The number of nitrogens with one attached hydrogen (secondary N) is 4. The van der Waals surface area contributed by atoms with Gasteiger partial charge in [0.05, 0.1) is 36.9 Å². The summed E-state index contributed by atoms with van der Waals surface area (Å²) in [6.07, 6.45) is -3.48. The maximum Gasteiger partial charge on any atom is 0.249 e. The monoisotopic (exact) mass is 643 g/mol. The molecule has 5 aliphatic rings. The summed E-state index contributed by atoms with van der Waals surface area (Å²) in [7, 11) is 1.60. The van der Waals surface area contributed by atoms with Crippen LogP contribution in [0.4, 0.5) is 0 Å². The Morgan fingerprint density at radius 1 is 1.18 bits per heavy atom. The third-order valence-corrected chi connectivity index (χ3v) is 10.2. The first-order valence-corrected chi connectivity index (χ1v) is 16.0. The van der Waals surface area contributed by atoms with Gasteiger partial charge >= 0.3 is 0 Å². The van der Waals surface area contributed by atoms with Crippen molar-refractivity contribution in [3.63, 3.8) is 0 Å². The summed E-state index contributed by atoms with van der Waals surface area (Å²) >= 11 is 0. The standard InChI is InChI=1S/C29H53N7O9/c1-28(41)12-43-27(22(39)25(28)33-2)45-24-18(36-26(40)20(37)13-8-34-9-13)5-17(32)19(21(24)38)23-16(31)4-3-15(44-23)10-35-11-29(42)6-14(30)7-29/h3,13-14,16-25,27,33-35,37-39,41-42H,4-12,30-32H2,1-2H3,(H,36,40)/t14?,16-,17+,18-,19?,20?,21+,22-,23+,24+,25-,27-,28+,29?/m1/s1. The summed E-state index contributed by atoms with van der Waals surface area (Å²) in [6, 6.07) is -2.85. The fraction of sp³-hybridized carbons (Fsp3) is 0.897. The molecule has 45 heavy (non-hydrogen) atoms. The zero-order valence-electron chi connectivity index (χ0n) is 26.0. The van der Waals surface area contributed by atoms with Gasteiger partial charge in [0.1, 0.15) is 35.8 Å². The van der Waals surface area contributed by atoms with Gasteiger partial charge in [0, 0.05) is 49.6 Å². The fourth-order valence-corrected chi connectivity index (χ4v) is 7.45. The van der Waals surface area contributed by atoms with Gasteiger partial charge in [-0.3, -0.25) is 4.79 Å². The van der Waals surface area contributed by atoms with Gasteiger partial charge in [-0.2, -0.15) is 0 Å². The third kappa shape index (κ3) is 7.48. The van der Waals surface area contributed by atoms with Gasteiger partial charge < -0.3 is 78.2 Å². The van der Waals surface area contributed by atoms with E-state index in [1.54, 1.807) is 7.05 Å². The molecule has 2 unspecified atom stereocenters. The molecule has 4 fully saturated rings. The summed E-state index contributed by atoms with van der Waals surface area (Å²) in [5, 5.41) is 66.7. The molecule has 3 aliphatic heterocycles. The Kier molecular flexibility index (Phi) is 10.8. The molecule has 5 rings (SSSR count). The van der Waals surface area contributed by atoms with E-state index < -0.39 is 84.0 Å². The van der Waals surface area contributed by atoms with E-state index in [1.807, 2.05) is 6.08 Å². The molecule has 2 aliphatic carbocycles. The molecular formula is C29H53N7O9. The fourth-order valence-electron chi connectivity index (χ4n) is 7.45. The molecule has 0 spiro atoms. The number of aliphatic hydroxyl groups is 5. The number of likely N-dealkylation sites (N-methyl/N-ethyl adjacent to an activating group) is 1. The quantitative estimate of drug-likeness (QED) is 0.100. The van der Waals surface area contributed by atoms with E-state index in [-0.39, 0.29) is 25.0 Å². The minimum Gasteiger partial charge on any atom is -0.492 e. The first-order valence-electron chi connectivity index (χ1n) is 16.0. The van der Waals surface area contributed by atoms with Crippen LogP contribution in [0.1, 0.15) is 32.6 Å². The van der Waals surface area contributed by atoms with Crippen molar-refractivity contribution in [2.45, 2.75) is 111 Å². The summed E-state index contributed by atoms with van der Waals surface area (Å²) in [5.74, 6) is -0.991. The Morgan fingerprint density at radius 3 is 2.51 bits per heavy atom. The zero-order chi connectivity index (χ0) is 32.7. The molecule has 2 saturated heterocycles. The molecule has 12 atom stereocenters. The van der Waals surface area contributed by atoms with E-state index in [4.69, 9.17) is 31.4 Å². The van der Waals surface area contributed by atoms with Crippen LogP contribution in [0.15, 0.2) is 11.8 Å². The van der Waals surface area contributed by atoms with Crippen molar-refractivity contribution in [1.29, 1.82) is 0 Å². The molecule has 15 N–H and O–H groups in total. The topological polar surface area (TPSA) is 272 Å². The maximum absolute atomic E-state index is 13.1. The highest BCUT2D eigenvalue weighted by molar-refractivity contribution is 5.81. The number of rotatable bonds is 11. The van der Waals surface area contributed by atoms with Crippen LogP contribution in [-0.4, -0.2) is 149 Å². The van der Waals surface area contributed by atoms with Crippen molar-refractivity contribution in [2.24, 2.45) is 29.0 Å². The third-order valence-electron chi connectivity index (χ3n) is 10.2. The van der Waals surface area contributed by atoms with Crippen LogP contribution in [0.2, 0.25) is 0 Å². The second-order valence-corrected chi connectivity index (χ2v) is 14.0. The number of nitrogens with two attached hydrogens (primary N) is 3. The number of ether oxygens (including phenoxy) is 3. The highest BCUT2D eigenvalue weighted by Crippen LogP contribution is 2.37. The normalized spacial score (nSPS) is 46.3. The lowest BCUT2D eigenvalue weighted by molar-refractivity contribution is -0.297. The van der Waals surface area contributed by atoms with Crippen LogP contribution in [0.5, 0.6) is 0 Å². The number of hydrogen-bond acceptors (Lipinski definition) is 15. The molecule has 3 heterocycles.